The minimum atomic E-state index is -0.214. The Balaban J connectivity index is 1.45. The highest BCUT2D eigenvalue weighted by molar-refractivity contribution is 5.81. The smallest absolute Gasteiger partial charge is 0.231 e. The molecule has 2 atom stereocenters. The van der Waals surface area contributed by atoms with Crippen LogP contribution in [0.4, 0.5) is 5.69 Å². The van der Waals surface area contributed by atoms with Crippen LogP contribution in [0.25, 0.3) is 10.9 Å². The van der Waals surface area contributed by atoms with Crippen LogP contribution in [0.1, 0.15) is 25.7 Å². The van der Waals surface area contributed by atoms with E-state index in [2.05, 4.69) is 38.6 Å². The molecule has 116 valence electrons. The number of carbonyl (C=O) groups excluding carboxylic acids is 1. The second-order valence-corrected chi connectivity index (χ2v) is 6.51. The van der Waals surface area contributed by atoms with Crippen LogP contribution in [0, 0.1) is 0 Å². The molecule has 2 aromatic rings. The Labute approximate surface area is 129 Å². The second kappa shape index (κ2) is 5.28. The number of nitrogens with two attached hydrogens (primary N) is 1. The number of nitrogens with one attached hydrogen (secondary N) is 2. The van der Waals surface area contributed by atoms with Gasteiger partial charge in [-0.05, 0) is 43.9 Å². The van der Waals surface area contributed by atoms with Gasteiger partial charge in [-0.2, -0.15) is 5.10 Å². The number of fused-ring (bicyclic) bond motifs is 3. The van der Waals surface area contributed by atoms with Gasteiger partial charge in [-0.1, -0.05) is 0 Å². The lowest BCUT2D eigenvalue weighted by molar-refractivity contribution is -0.120. The van der Waals surface area contributed by atoms with Gasteiger partial charge in [0.15, 0.2) is 0 Å². The lowest BCUT2D eigenvalue weighted by atomic mass is 9.97. The van der Waals surface area contributed by atoms with E-state index in [9.17, 15) is 4.79 Å². The Morgan fingerprint density at radius 3 is 2.86 bits per heavy atom. The summed E-state index contributed by atoms with van der Waals surface area (Å²) in [6.07, 6.45) is 6.36. The molecule has 4 N–H and O–H groups in total. The normalized spacial score (nSPS) is 28.1. The largest absolute Gasteiger partial charge is 0.382 e. The molecule has 2 aliphatic heterocycles. The number of hydrogen-bond acceptors (Lipinski definition) is 4. The van der Waals surface area contributed by atoms with E-state index in [0.717, 1.165) is 29.4 Å². The van der Waals surface area contributed by atoms with Gasteiger partial charge >= 0.3 is 0 Å². The van der Waals surface area contributed by atoms with Gasteiger partial charge in [0.1, 0.15) is 0 Å². The number of aromatic amines is 1. The zero-order valence-electron chi connectivity index (χ0n) is 12.5. The summed E-state index contributed by atoms with van der Waals surface area (Å²) in [4.78, 5) is 13.5. The van der Waals surface area contributed by atoms with Crippen LogP contribution >= 0.6 is 0 Å². The highest BCUT2D eigenvalue weighted by Gasteiger charge is 2.41. The summed E-state index contributed by atoms with van der Waals surface area (Å²) < 4.78 is 0. The molecule has 0 aliphatic carbocycles. The van der Waals surface area contributed by atoms with Crippen molar-refractivity contribution in [1.82, 2.24) is 15.1 Å². The van der Waals surface area contributed by atoms with Gasteiger partial charge in [-0.3, -0.25) is 14.8 Å². The maximum atomic E-state index is 11.2. The first-order chi connectivity index (χ1) is 10.7. The molecule has 2 aliphatic rings. The number of rotatable bonds is 4. The first-order valence-corrected chi connectivity index (χ1v) is 7.93. The van der Waals surface area contributed by atoms with Crippen LogP contribution in [0.15, 0.2) is 24.4 Å². The van der Waals surface area contributed by atoms with Gasteiger partial charge in [-0.15, -0.1) is 0 Å². The molecule has 22 heavy (non-hydrogen) atoms. The van der Waals surface area contributed by atoms with E-state index in [1.165, 1.54) is 12.8 Å². The molecule has 0 spiro atoms. The predicted octanol–water partition coefficient (Wildman–Crippen LogP) is 1.46. The molecule has 2 bridgehead atoms. The van der Waals surface area contributed by atoms with Crippen LogP contribution in [0.3, 0.4) is 0 Å². The highest BCUT2D eigenvalue weighted by Crippen LogP contribution is 2.36. The summed E-state index contributed by atoms with van der Waals surface area (Å²) in [6.45, 7) is 0.406. The van der Waals surface area contributed by atoms with Crippen molar-refractivity contribution in [2.24, 2.45) is 5.73 Å². The summed E-state index contributed by atoms with van der Waals surface area (Å²) in [6, 6.07) is 7.73. The van der Waals surface area contributed by atoms with Gasteiger partial charge in [0.25, 0.3) is 0 Å². The number of benzene rings is 1. The quantitative estimate of drug-likeness (QED) is 0.797. The van der Waals surface area contributed by atoms with Crippen LogP contribution in [0.2, 0.25) is 0 Å². The molecule has 0 radical (unpaired) electrons. The summed E-state index contributed by atoms with van der Waals surface area (Å²) in [7, 11) is 0. The fourth-order valence-corrected chi connectivity index (χ4v) is 4.10. The molecule has 2 fully saturated rings. The zero-order valence-corrected chi connectivity index (χ0v) is 12.5. The van der Waals surface area contributed by atoms with Crippen molar-refractivity contribution in [2.75, 3.05) is 11.9 Å². The van der Waals surface area contributed by atoms with Crippen molar-refractivity contribution in [2.45, 2.75) is 43.8 Å². The fourth-order valence-electron chi connectivity index (χ4n) is 4.10. The maximum Gasteiger partial charge on any atom is 0.231 e. The average molecular weight is 299 g/mol. The number of primary amides is 1. The fraction of sp³-hybridized carbons (Fsp3) is 0.500. The third-order valence-electron chi connectivity index (χ3n) is 5.03. The lowest BCUT2D eigenvalue weighted by Crippen LogP contribution is -2.49. The highest BCUT2D eigenvalue weighted by atomic mass is 16.1. The monoisotopic (exact) mass is 299 g/mol. The number of piperidine rings is 1. The van der Waals surface area contributed by atoms with Gasteiger partial charge in [0.2, 0.25) is 5.91 Å². The van der Waals surface area contributed by atoms with E-state index >= 15 is 0 Å². The number of hydrogen-bond donors (Lipinski definition) is 3. The van der Waals surface area contributed by atoms with Crippen molar-refractivity contribution >= 4 is 22.5 Å². The SMILES string of the molecule is NC(=O)CN1C2CCC1CC(Nc1ccc3[nH]ncc3c1)C2. The summed E-state index contributed by atoms with van der Waals surface area (Å²) >= 11 is 0. The second-order valence-electron chi connectivity index (χ2n) is 6.51. The molecule has 1 aromatic heterocycles. The van der Waals surface area contributed by atoms with Crippen molar-refractivity contribution in [3.05, 3.63) is 24.4 Å². The number of anilines is 1. The maximum absolute atomic E-state index is 11.2. The molecule has 3 heterocycles. The Morgan fingerprint density at radius 2 is 2.14 bits per heavy atom. The first kappa shape index (κ1) is 13.6. The van der Waals surface area contributed by atoms with E-state index < -0.39 is 0 Å². The first-order valence-electron chi connectivity index (χ1n) is 7.93. The third kappa shape index (κ3) is 2.43. The van der Waals surface area contributed by atoms with Crippen LogP contribution in [-0.2, 0) is 4.79 Å². The van der Waals surface area contributed by atoms with Gasteiger partial charge in [-0.25, -0.2) is 0 Å². The van der Waals surface area contributed by atoms with Crippen molar-refractivity contribution < 1.29 is 4.79 Å². The Kier molecular flexibility index (Phi) is 3.26. The minimum Gasteiger partial charge on any atom is -0.382 e. The molecule has 6 heteroatoms. The number of nitrogens with zero attached hydrogens (tertiary/aromatic N) is 2. The molecular formula is C16H21N5O. The van der Waals surface area contributed by atoms with E-state index in [1.807, 2.05) is 6.20 Å². The van der Waals surface area contributed by atoms with E-state index in [1.54, 1.807) is 0 Å². The van der Waals surface area contributed by atoms with Crippen LogP contribution < -0.4 is 11.1 Å². The Hall–Kier alpha value is -2.08. The van der Waals surface area contributed by atoms with E-state index in [4.69, 9.17) is 5.73 Å². The lowest BCUT2D eigenvalue weighted by Gasteiger charge is -2.38. The Morgan fingerprint density at radius 1 is 1.36 bits per heavy atom. The molecule has 1 aromatic carbocycles. The third-order valence-corrected chi connectivity index (χ3v) is 5.03. The van der Waals surface area contributed by atoms with Gasteiger partial charge in [0, 0.05) is 29.2 Å². The van der Waals surface area contributed by atoms with E-state index in [0.29, 0.717) is 24.7 Å². The predicted molar refractivity (Wildman–Crippen MR) is 85.4 cm³/mol. The molecule has 4 rings (SSSR count). The summed E-state index contributed by atoms with van der Waals surface area (Å²) in [5.74, 6) is -0.214. The minimum absolute atomic E-state index is 0.214. The van der Waals surface area contributed by atoms with E-state index in [-0.39, 0.29) is 5.91 Å². The molecule has 2 unspecified atom stereocenters. The van der Waals surface area contributed by atoms with Crippen molar-refractivity contribution in [3.63, 3.8) is 0 Å². The van der Waals surface area contributed by atoms with Gasteiger partial charge in [0.05, 0.1) is 18.3 Å². The number of amides is 1. The van der Waals surface area contributed by atoms with Crippen molar-refractivity contribution in [3.8, 4) is 0 Å². The molecule has 6 nitrogen and oxygen atoms in total. The number of aromatic nitrogens is 2. The summed E-state index contributed by atoms with van der Waals surface area (Å²) in [5.41, 5.74) is 7.57. The number of H-pyrrole nitrogens is 1. The molecule has 0 saturated carbocycles. The Bertz CT molecular complexity index is 683. The summed E-state index contributed by atoms with van der Waals surface area (Å²) in [5, 5.41) is 11.8. The molecule has 1 amide bonds. The number of carbonyl (C=O) groups is 1. The molecule has 2 saturated heterocycles. The standard InChI is InChI=1S/C16H21N5O/c17-16(22)9-21-13-2-3-14(21)7-12(6-13)19-11-1-4-15-10(5-11)8-18-20-15/h1,4-5,8,12-14,19H,2-3,6-7,9H2,(H2,17,22)(H,18,20). The van der Waals surface area contributed by atoms with Crippen LogP contribution in [-0.4, -0.2) is 45.7 Å². The van der Waals surface area contributed by atoms with Crippen molar-refractivity contribution in [1.29, 1.82) is 0 Å². The zero-order chi connectivity index (χ0) is 15.1. The molecular weight excluding hydrogens is 278 g/mol. The average Bonchev–Trinajstić information content (AvgIpc) is 3.01. The van der Waals surface area contributed by atoms with Gasteiger partial charge < -0.3 is 11.1 Å². The van der Waals surface area contributed by atoms with Crippen LogP contribution in [0.5, 0.6) is 0 Å². The topological polar surface area (TPSA) is 87.0 Å².